The van der Waals surface area contributed by atoms with Gasteiger partial charge in [0.05, 0.1) is 26.1 Å². The minimum absolute atomic E-state index is 0.0584. The minimum Gasteiger partial charge on any atom is -0.498 e. The van der Waals surface area contributed by atoms with E-state index in [1.165, 1.54) is 96.3 Å². The highest BCUT2D eigenvalue weighted by molar-refractivity contribution is 7.47. The zero-order chi connectivity index (χ0) is 38.2. The third-order valence-electron chi connectivity index (χ3n) is 8.27. The fourth-order valence-electron chi connectivity index (χ4n) is 5.14. The van der Waals surface area contributed by atoms with Crippen LogP contribution in [0.1, 0.15) is 162 Å². The van der Waals surface area contributed by atoms with E-state index >= 15 is 0 Å². The molecule has 0 aromatic carbocycles. The van der Waals surface area contributed by atoms with Crippen LogP contribution in [0.2, 0.25) is 0 Å². The number of rotatable bonds is 38. The van der Waals surface area contributed by atoms with E-state index in [1.54, 1.807) is 6.26 Å². The molecule has 52 heavy (non-hydrogen) atoms. The Morgan fingerprint density at radius 3 is 1.60 bits per heavy atom. The molecule has 1 unspecified atom stereocenters. The van der Waals surface area contributed by atoms with Crippen LogP contribution in [-0.4, -0.2) is 59.7 Å². The van der Waals surface area contributed by atoms with Gasteiger partial charge >= 0.3 is 13.8 Å². The second-order valence-electron chi connectivity index (χ2n) is 13.4. The molecule has 0 fully saturated rings. The summed E-state index contributed by atoms with van der Waals surface area (Å²) in [7, 11) is -4.55. The highest BCUT2D eigenvalue weighted by Crippen LogP contribution is 2.43. The zero-order valence-corrected chi connectivity index (χ0v) is 33.7. The summed E-state index contributed by atoms with van der Waals surface area (Å²) in [5.74, 6) is -0.460. The van der Waals surface area contributed by atoms with Crippen molar-refractivity contribution in [3.8, 4) is 0 Å². The normalized spacial score (nSPS) is 14.7. The van der Waals surface area contributed by atoms with Gasteiger partial charge in [-0.05, 0) is 63.9 Å². The first-order valence-corrected chi connectivity index (χ1v) is 21.8. The van der Waals surface area contributed by atoms with Crippen molar-refractivity contribution in [3.05, 3.63) is 60.9 Å². The van der Waals surface area contributed by atoms with E-state index in [0.717, 1.165) is 38.5 Å². The van der Waals surface area contributed by atoms with Gasteiger partial charge < -0.3 is 24.6 Å². The maximum atomic E-state index is 12.5. The maximum Gasteiger partial charge on any atom is 0.472 e. The lowest BCUT2D eigenvalue weighted by Crippen LogP contribution is -2.28. The number of hydrogen-bond donors (Lipinski definition) is 3. The first kappa shape index (κ1) is 50.0. The molecule has 0 amide bonds. The van der Waals surface area contributed by atoms with Crippen molar-refractivity contribution in [1.29, 1.82) is 0 Å². The van der Waals surface area contributed by atoms with Gasteiger partial charge in [0.2, 0.25) is 0 Å². The van der Waals surface area contributed by atoms with Crippen molar-refractivity contribution in [1.82, 2.24) is 0 Å². The number of ether oxygens (including phenoxy) is 2. The van der Waals surface area contributed by atoms with Gasteiger partial charge in [0.25, 0.3) is 0 Å². The van der Waals surface area contributed by atoms with Crippen molar-refractivity contribution in [2.45, 2.75) is 174 Å². The number of esters is 1. The Kier molecular flexibility index (Phi) is 37.2. The Morgan fingerprint density at radius 1 is 0.596 bits per heavy atom. The van der Waals surface area contributed by atoms with Gasteiger partial charge in [-0.15, -0.1) is 0 Å². The summed E-state index contributed by atoms with van der Waals surface area (Å²) in [5, 5.41) is 18.3. The summed E-state index contributed by atoms with van der Waals surface area (Å²) in [6.07, 6.45) is 44.1. The van der Waals surface area contributed by atoms with Gasteiger partial charge in [-0.25, -0.2) is 4.57 Å². The second-order valence-corrected chi connectivity index (χ2v) is 14.8. The number of unbranched alkanes of at least 4 members (excludes halogenated alkanes) is 16. The number of aliphatic hydroxyl groups is 2. The summed E-state index contributed by atoms with van der Waals surface area (Å²) in [6.45, 7) is 2.78. The first-order valence-electron chi connectivity index (χ1n) is 20.3. The third kappa shape index (κ3) is 37.7. The predicted molar refractivity (Wildman–Crippen MR) is 214 cm³/mol. The molecule has 302 valence electrons. The second kappa shape index (κ2) is 38.7. The molecular weight excluding hydrogens is 679 g/mol. The zero-order valence-electron chi connectivity index (χ0n) is 32.8. The highest BCUT2D eigenvalue weighted by Gasteiger charge is 2.26. The Balaban J connectivity index is 4.38. The molecule has 0 spiro atoms. The van der Waals surface area contributed by atoms with Crippen LogP contribution in [0.3, 0.4) is 0 Å². The number of phosphoric acid groups is 1. The number of phosphoric ester groups is 1. The van der Waals surface area contributed by atoms with E-state index in [9.17, 15) is 19.4 Å². The highest BCUT2D eigenvalue weighted by atomic mass is 31.2. The van der Waals surface area contributed by atoms with Crippen LogP contribution in [0, 0.1) is 0 Å². The largest absolute Gasteiger partial charge is 0.498 e. The molecule has 0 aliphatic carbocycles. The van der Waals surface area contributed by atoms with Gasteiger partial charge in [0.15, 0.2) is 6.10 Å². The molecule has 0 aromatic heterocycles. The molecule has 0 saturated heterocycles. The Hall–Kier alpha value is -2.00. The summed E-state index contributed by atoms with van der Waals surface area (Å²) < 4.78 is 33.0. The smallest absolute Gasteiger partial charge is 0.472 e. The van der Waals surface area contributed by atoms with Gasteiger partial charge in [0.1, 0.15) is 12.7 Å². The fourth-order valence-corrected chi connectivity index (χ4v) is 5.93. The van der Waals surface area contributed by atoms with Gasteiger partial charge in [-0.3, -0.25) is 13.8 Å². The van der Waals surface area contributed by atoms with Crippen LogP contribution in [0.5, 0.6) is 0 Å². The molecule has 9 nitrogen and oxygen atoms in total. The number of carbonyl (C=O) groups is 1. The monoisotopic (exact) mass is 755 g/mol. The first-order chi connectivity index (χ1) is 25.3. The molecule has 0 aliphatic heterocycles. The van der Waals surface area contributed by atoms with Crippen molar-refractivity contribution in [2.24, 2.45) is 0 Å². The van der Waals surface area contributed by atoms with E-state index in [-0.39, 0.29) is 13.0 Å². The number of aliphatic hydroxyl groups excluding tert-OH is 2. The van der Waals surface area contributed by atoms with Crippen molar-refractivity contribution < 1.29 is 43.0 Å². The number of hydrogen-bond acceptors (Lipinski definition) is 8. The molecule has 10 heteroatoms. The predicted octanol–water partition coefficient (Wildman–Crippen LogP) is 11.2. The van der Waals surface area contributed by atoms with Crippen molar-refractivity contribution in [3.63, 3.8) is 0 Å². The molecule has 0 heterocycles. The van der Waals surface area contributed by atoms with Crippen LogP contribution in [0.25, 0.3) is 0 Å². The van der Waals surface area contributed by atoms with Crippen LogP contribution in [-0.2, 0) is 27.9 Å². The van der Waals surface area contributed by atoms with Crippen LogP contribution >= 0.6 is 7.82 Å². The standard InChI is InChI=1S/C42H75O9P/c1-3-5-7-9-11-13-15-17-19-20-21-22-24-26-28-30-32-34-42(45)51-41(39-50-52(46,47)49-37-40(44)36-43)38-48-35-33-31-29-27-25-23-18-16-14-12-10-8-6-4-2/h11,13,17,19,21-22,26,28,33,35,40-41,43-44H,3-10,12,14-16,18,20,23-25,27,29-32,34,36-39H2,1-2H3,(H,46,47)/b13-11-,19-17-,22-21-,28-26-,35-33-/t40-,41+/m0/s1. The molecule has 0 radical (unpaired) electrons. The van der Waals surface area contributed by atoms with Crippen molar-refractivity contribution >= 4 is 13.8 Å². The molecule has 0 saturated carbocycles. The van der Waals surface area contributed by atoms with Crippen molar-refractivity contribution in [2.75, 3.05) is 26.4 Å². The lowest BCUT2D eigenvalue weighted by molar-refractivity contribution is -0.153. The SMILES string of the molecule is CCCCC/C=C\C/C=C\C/C=C\C/C=C\CCCC(=O)O[C@H](CO/C=C\CCCCCCCCCCCCCC)COP(=O)(O)OC[C@@H](O)CO. The van der Waals surface area contributed by atoms with Crippen LogP contribution in [0.15, 0.2) is 60.9 Å². The third-order valence-corrected chi connectivity index (χ3v) is 9.22. The van der Waals surface area contributed by atoms with E-state index in [1.807, 2.05) is 12.2 Å². The van der Waals surface area contributed by atoms with Gasteiger partial charge in [0, 0.05) is 6.42 Å². The summed E-state index contributed by atoms with van der Waals surface area (Å²) in [6, 6.07) is 0. The molecular formula is C42H75O9P. The fraction of sp³-hybridized carbons (Fsp3) is 0.738. The van der Waals surface area contributed by atoms with Crippen LogP contribution in [0.4, 0.5) is 0 Å². The van der Waals surface area contributed by atoms with Gasteiger partial charge in [-0.2, -0.15) is 0 Å². The number of carbonyl (C=O) groups excluding carboxylic acids is 1. The molecule has 3 atom stereocenters. The average Bonchev–Trinajstić information content (AvgIpc) is 3.13. The van der Waals surface area contributed by atoms with Crippen LogP contribution < -0.4 is 0 Å². The lowest BCUT2D eigenvalue weighted by atomic mass is 10.0. The topological polar surface area (TPSA) is 132 Å². The van der Waals surface area contributed by atoms with Gasteiger partial charge in [-0.1, -0.05) is 146 Å². The maximum absolute atomic E-state index is 12.5. The lowest BCUT2D eigenvalue weighted by Gasteiger charge is -2.20. The average molecular weight is 755 g/mol. The molecule has 0 bridgehead atoms. The van der Waals surface area contributed by atoms with E-state index in [2.05, 4.69) is 56.4 Å². The quantitative estimate of drug-likeness (QED) is 0.0185. The summed E-state index contributed by atoms with van der Waals surface area (Å²) >= 11 is 0. The molecule has 0 rings (SSSR count). The Labute approximate surface area is 317 Å². The van der Waals surface area contributed by atoms with E-state index < -0.39 is 45.8 Å². The Bertz CT molecular complexity index is 992. The minimum atomic E-state index is -4.55. The number of allylic oxidation sites excluding steroid dienone is 9. The summed E-state index contributed by atoms with van der Waals surface area (Å²) in [4.78, 5) is 22.5. The Morgan fingerprint density at radius 2 is 1.04 bits per heavy atom. The molecule has 3 N–H and O–H groups in total. The van der Waals surface area contributed by atoms with E-state index in [0.29, 0.717) is 6.42 Å². The molecule has 0 aromatic rings. The van der Waals surface area contributed by atoms with E-state index in [4.69, 9.17) is 23.6 Å². The molecule has 0 aliphatic rings. The summed E-state index contributed by atoms with van der Waals surface area (Å²) in [5.41, 5.74) is 0.